The lowest BCUT2D eigenvalue weighted by Crippen LogP contribution is -2.64. The highest BCUT2D eigenvalue weighted by molar-refractivity contribution is 5.78. The second-order valence-electron chi connectivity index (χ2n) is 9.60. The number of rotatable bonds is 6. The third kappa shape index (κ3) is 4.01. The smallest absolute Gasteiger partial charge is 0.174 e. The molecule has 8 N–H and O–H groups in total. The van der Waals surface area contributed by atoms with E-state index in [1.165, 1.54) is 12.4 Å². The monoisotopic (exact) mass is 536 g/mol. The van der Waals surface area contributed by atoms with Gasteiger partial charge in [-0.3, -0.25) is 0 Å². The molecule has 2 saturated heterocycles. The van der Waals surface area contributed by atoms with Crippen molar-refractivity contribution >= 4 is 12.4 Å². The lowest BCUT2D eigenvalue weighted by molar-refractivity contribution is -0.239. The SMILES string of the molecule is OC[C@H]1O[C@@H](C2(c3cccc(C4([C@@H]5O[C@H](CO)[C@@H](O)[C@@H](O)[C@@H]5O)C=NN=N4)c3)C=NN=N2)[C@H](O)[C@H](O)[C@@H]1O. The second kappa shape index (κ2) is 10.2. The molecule has 0 spiro atoms. The summed E-state index contributed by atoms with van der Waals surface area (Å²) in [5.41, 5.74) is -2.59. The van der Waals surface area contributed by atoms with Crippen molar-refractivity contribution in [2.45, 2.75) is 72.1 Å². The summed E-state index contributed by atoms with van der Waals surface area (Å²) in [5.74, 6) is 0. The summed E-state index contributed by atoms with van der Waals surface area (Å²) in [6.07, 6.45) is -12.4. The van der Waals surface area contributed by atoms with E-state index in [1.54, 1.807) is 24.3 Å². The van der Waals surface area contributed by atoms with E-state index in [4.69, 9.17) is 9.47 Å². The summed E-state index contributed by atoms with van der Waals surface area (Å²) >= 11 is 0. The topological polar surface area (TPSA) is 254 Å². The molecule has 2 fully saturated rings. The quantitative estimate of drug-likeness (QED) is 0.179. The lowest BCUT2D eigenvalue weighted by atomic mass is 9.75. The second-order valence-corrected chi connectivity index (χ2v) is 9.60. The Hall–Kier alpha value is -2.64. The minimum absolute atomic E-state index is 0.323. The number of hydrogen-bond donors (Lipinski definition) is 8. The summed E-state index contributed by atoms with van der Waals surface area (Å²) in [6.45, 7) is -1.30. The molecule has 1 aromatic carbocycles. The molecule has 38 heavy (non-hydrogen) atoms. The molecule has 0 radical (unpaired) electrons. The molecule has 16 nitrogen and oxygen atoms in total. The maximum atomic E-state index is 10.8. The van der Waals surface area contributed by atoms with Crippen LogP contribution in [0.2, 0.25) is 0 Å². The largest absolute Gasteiger partial charge is 0.394 e. The van der Waals surface area contributed by atoms with E-state index in [9.17, 15) is 40.9 Å². The van der Waals surface area contributed by atoms with Gasteiger partial charge in [0.2, 0.25) is 0 Å². The highest BCUT2D eigenvalue weighted by Crippen LogP contribution is 2.43. The van der Waals surface area contributed by atoms with Crippen molar-refractivity contribution in [2.75, 3.05) is 13.2 Å². The number of aliphatic hydroxyl groups excluding tert-OH is 8. The van der Waals surface area contributed by atoms with Crippen LogP contribution >= 0.6 is 0 Å². The molecular weight excluding hydrogens is 508 g/mol. The molecule has 4 aliphatic rings. The van der Waals surface area contributed by atoms with Crippen LogP contribution in [0.4, 0.5) is 0 Å². The number of hydrogen-bond acceptors (Lipinski definition) is 16. The van der Waals surface area contributed by atoms with Crippen LogP contribution in [-0.4, -0.2) is 128 Å². The van der Waals surface area contributed by atoms with Crippen molar-refractivity contribution in [1.82, 2.24) is 0 Å². The number of benzene rings is 1. The summed E-state index contributed by atoms with van der Waals surface area (Å²) in [5, 5.41) is 106. The fourth-order valence-electron chi connectivity index (χ4n) is 5.28. The Kier molecular flexibility index (Phi) is 7.20. The van der Waals surface area contributed by atoms with Gasteiger partial charge in [-0.2, -0.15) is 0 Å². The van der Waals surface area contributed by atoms with Gasteiger partial charge in [0.25, 0.3) is 0 Å². The molecule has 0 saturated carbocycles. The van der Waals surface area contributed by atoms with Gasteiger partial charge in [-0.1, -0.05) is 18.2 Å². The van der Waals surface area contributed by atoms with Crippen molar-refractivity contribution in [3.63, 3.8) is 0 Å². The minimum Gasteiger partial charge on any atom is -0.394 e. The maximum absolute atomic E-state index is 10.8. The Labute approximate surface area is 214 Å². The number of nitrogens with zero attached hydrogens (tertiary/aromatic N) is 6. The Morgan fingerprint density at radius 2 is 1.05 bits per heavy atom. The van der Waals surface area contributed by atoms with Gasteiger partial charge < -0.3 is 50.3 Å². The molecule has 0 bridgehead atoms. The molecule has 5 rings (SSSR count). The molecule has 0 aliphatic carbocycles. The number of ether oxygens (including phenoxy) is 2. The first kappa shape index (κ1) is 26.9. The van der Waals surface area contributed by atoms with E-state index in [-0.39, 0.29) is 0 Å². The van der Waals surface area contributed by atoms with Crippen LogP contribution in [0.1, 0.15) is 11.1 Å². The van der Waals surface area contributed by atoms with Crippen LogP contribution in [-0.2, 0) is 20.6 Å². The van der Waals surface area contributed by atoms with Crippen molar-refractivity contribution in [3.05, 3.63) is 35.4 Å². The molecule has 12 atom stereocenters. The van der Waals surface area contributed by atoms with E-state index in [1.807, 2.05) is 0 Å². The molecule has 0 amide bonds. The Balaban J connectivity index is 1.58. The molecule has 1 aromatic rings. The van der Waals surface area contributed by atoms with Crippen molar-refractivity contribution in [2.24, 2.45) is 30.9 Å². The highest BCUT2D eigenvalue weighted by Gasteiger charge is 2.57. The third-order valence-corrected chi connectivity index (χ3v) is 7.47. The average Bonchev–Trinajstić information content (AvgIpc) is 3.63. The summed E-state index contributed by atoms with van der Waals surface area (Å²) in [6, 6.07) is 6.35. The van der Waals surface area contributed by atoms with E-state index >= 15 is 0 Å². The normalized spacial score (nSPS) is 46.2. The van der Waals surface area contributed by atoms with Crippen LogP contribution < -0.4 is 0 Å². The summed E-state index contributed by atoms with van der Waals surface area (Å²) in [4.78, 5) is 0. The van der Waals surface area contributed by atoms with Crippen molar-refractivity contribution in [3.8, 4) is 0 Å². The highest BCUT2D eigenvalue weighted by atomic mass is 16.6. The molecular formula is C22H28N6O10. The maximum Gasteiger partial charge on any atom is 0.174 e. The zero-order chi connectivity index (χ0) is 27.2. The van der Waals surface area contributed by atoms with Crippen molar-refractivity contribution < 1.29 is 50.3 Å². The zero-order valence-corrected chi connectivity index (χ0v) is 19.7. The minimum atomic E-state index is -1.67. The van der Waals surface area contributed by atoms with E-state index < -0.39 is 85.3 Å². The molecule has 4 aliphatic heterocycles. The Bertz CT molecular complexity index is 1040. The predicted octanol–water partition coefficient (Wildman–Crippen LogP) is -3.33. The van der Waals surface area contributed by atoms with Gasteiger partial charge in [-0.15, -0.1) is 20.4 Å². The van der Waals surface area contributed by atoms with Gasteiger partial charge >= 0.3 is 0 Å². The van der Waals surface area contributed by atoms with Gasteiger partial charge in [0.15, 0.2) is 11.1 Å². The van der Waals surface area contributed by atoms with E-state index in [2.05, 4.69) is 30.9 Å². The average molecular weight is 536 g/mol. The van der Waals surface area contributed by atoms with Crippen LogP contribution in [0, 0.1) is 0 Å². The number of aliphatic hydroxyl groups is 8. The van der Waals surface area contributed by atoms with Gasteiger partial charge in [0.1, 0.15) is 61.0 Å². The third-order valence-electron chi connectivity index (χ3n) is 7.47. The molecule has 16 heteroatoms. The van der Waals surface area contributed by atoms with Gasteiger partial charge in [0, 0.05) is 0 Å². The molecule has 4 heterocycles. The first-order valence-corrected chi connectivity index (χ1v) is 11.8. The van der Waals surface area contributed by atoms with Crippen LogP contribution in [0.3, 0.4) is 0 Å². The van der Waals surface area contributed by atoms with Crippen LogP contribution in [0.25, 0.3) is 0 Å². The predicted molar refractivity (Wildman–Crippen MR) is 124 cm³/mol. The van der Waals surface area contributed by atoms with Crippen LogP contribution in [0.15, 0.2) is 55.1 Å². The standard InChI is InChI=1S/C22H28N6O10/c29-5-11-13(31)15(33)17(35)19(37-11)21(7-23-27-25-21)9-2-1-3-10(4-9)22(8-24-28-26-22)20-18(36)16(34)14(32)12(6-30)38-20/h1-4,7-8,11-20,29-36H,5-6H2/t11-,12-,13-,14-,15-,16-,17-,18+,19-,20-,21?,22?/m1/s1. The first-order valence-electron chi connectivity index (χ1n) is 11.8. The Morgan fingerprint density at radius 3 is 1.39 bits per heavy atom. The molecule has 2 unspecified atom stereocenters. The molecule has 0 aromatic heterocycles. The van der Waals surface area contributed by atoms with Crippen molar-refractivity contribution in [1.29, 1.82) is 0 Å². The van der Waals surface area contributed by atoms with E-state index in [0.717, 1.165) is 0 Å². The van der Waals surface area contributed by atoms with Gasteiger partial charge in [-0.25, -0.2) is 0 Å². The lowest BCUT2D eigenvalue weighted by Gasteiger charge is -2.46. The van der Waals surface area contributed by atoms with E-state index in [0.29, 0.717) is 11.1 Å². The molecule has 206 valence electrons. The van der Waals surface area contributed by atoms with Gasteiger partial charge in [-0.05, 0) is 27.6 Å². The first-order chi connectivity index (χ1) is 18.2. The fourth-order valence-corrected chi connectivity index (χ4v) is 5.28. The van der Waals surface area contributed by atoms with Crippen LogP contribution in [0.5, 0.6) is 0 Å². The zero-order valence-electron chi connectivity index (χ0n) is 19.7. The summed E-state index contributed by atoms with van der Waals surface area (Å²) < 4.78 is 11.5. The Morgan fingerprint density at radius 1 is 0.632 bits per heavy atom. The fraction of sp³-hybridized carbons (Fsp3) is 0.636. The summed E-state index contributed by atoms with van der Waals surface area (Å²) in [7, 11) is 0. The van der Waals surface area contributed by atoms with Gasteiger partial charge in [0.05, 0.1) is 25.6 Å².